The van der Waals surface area contributed by atoms with Crippen molar-refractivity contribution < 1.29 is 9.90 Å². The highest BCUT2D eigenvalue weighted by atomic mass is 16.3. The first-order valence-corrected chi connectivity index (χ1v) is 7.36. The first-order chi connectivity index (χ1) is 8.65. The average Bonchev–Trinajstić information content (AvgIpc) is 2.37. The van der Waals surface area contributed by atoms with Crippen LogP contribution >= 0.6 is 0 Å². The van der Waals surface area contributed by atoms with Crippen LogP contribution in [0.25, 0.3) is 0 Å². The van der Waals surface area contributed by atoms with Crippen LogP contribution < -0.4 is 5.73 Å². The minimum atomic E-state index is -0.480. The van der Waals surface area contributed by atoms with Gasteiger partial charge in [0.2, 0.25) is 5.91 Å². The molecule has 4 nitrogen and oxygen atoms in total. The standard InChI is InChI=1S/C14H26N2O2/c15-9-4-2-6-13(17)16-10-8-14(18)7-3-1-5-12(14)11-16/h12,18H,1-11,15H2. The molecule has 0 aromatic carbocycles. The van der Waals surface area contributed by atoms with E-state index in [1.807, 2.05) is 4.90 Å². The SMILES string of the molecule is NCCCCC(=O)N1CCC2(O)CCCCC2C1. The molecule has 0 radical (unpaired) electrons. The molecule has 1 aliphatic heterocycles. The molecular formula is C14H26N2O2. The molecular weight excluding hydrogens is 228 g/mol. The van der Waals surface area contributed by atoms with Gasteiger partial charge in [-0.05, 0) is 38.6 Å². The first-order valence-electron chi connectivity index (χ1n) is 7.36. The van der Waals surface area contributed by atoms with Gasteiger partial charge in [-0.3, -0.25) is 4.79 Å². The van der Waals surface area contributed by atoms with Gasteiger partial charge in [0, 0.05) is 25.4 Å². The van der Waals surface area contributed by atoms with Crippen LogP contribution in [0, 0.1) is 5.92 Å². The maximum absolute atomic E-state index is 12.1. The smallest absolute Gasteiger partial charge is 0.222 e. The second kappa shape index (κ2) is 6.02. The third kappa shape index (κ3) is 3.04. The summed E-state index contributed by atoms with van der Waals surface area (Å²) in [6.45, 7) is 2.15. The Hall–Kier alpha value is -0.610. The van der Waals surface area contributed by atoms with E-state index in [0.717, 1.165) is 51.6 Å². The molecule has 1 heterocycles. The van der Waals surface area contributed by atoms with Crippen LogP contribution in [0.1, 0.15) is 51.4 Å². The van der Waals surface area contributed by atoms with Crippen molar-refractivity contribution in [3.63, 3.8) is 0 Å². The second-order valence-electron chi connectivity index (χ2n) is 5.88. The summed E-state index contributed by atoms with van der Waals surface area (Å²) in [5.41, 5.74) is 4.96. The van der Waals surface area contributed by atoms with Gasteiger partial charge in [0.05, 0.1) is 5.60 Å². The van der Waals surface area contributed by atoms with Gasteiger partial charge < -0.3 is 15.7 Å². The zero-order chi connectivity index (χ0) is 13.0. The highest BCUT2D eigenvalue weighted by molar-refractivity contribution is 5.76. The molecule has 2 aliphatic rings. The monoisotopic (exact) mass is 254 g/mol. The second-order valence-corrected chi connectivity index (χ2v) is 5.88. The number of nitrogens with zero attached hydrogens (tertiary/aromatic N) is 1. The summed E-state index contributed by atoms with van der Waals surface area (Å²) in [6.07, 6.45) is 7.52. The Morgan fingerprint density at radius 3 is 2.94 bits per heavy atom. The molecule has 0 aromatic heterocycles. The summed E-state index contributed by atoms with van der Waals surface area (Å²) in [4.78, 5) is 14.0. The highest BCUT2D eigenvalue weighted by Crippen LogP contribution is 2.39. The van der Waals surface area contributed by atoms with E-state index < -0.39 is 5.60 Å². The molecule has 2 atom stereocenters. The minimum absolute atomic E-state index is 0.246. The molecule has 1 saturated heterocycles. The molecule has 2 rings (SSSR count). The summed E-state index contributed by atoms with van der Waals surface area (Å²) in [5.74, 6) is 0.550. The van der Waals surface area contributed by atoms with E-state index in [1.165, 1.54) is 6.42 Å². The lowest BCUT2D eigenvalue weighted by Crippen LogP contribution is -2.54. The molecule has 1 amide bonds. The highest BCUT2D eigenvalue weighted by Gasteiger charge is 2.43. The van der Waals surface area contributed by atoms with Crippen molar-refractivity contribution in [3.8, 4) is 0 Å². The predicted octanol–water partition coefficient (Wildman–Crippen LogP) is 1.27. The number of nitrogens with two attached hydrogens (primary N) is 1. The van der Waals surface area contributed by atoms with Crippen LogP contribution in [-0.2, 0) is 4.79 Å². The molecule has 104 valence electrons. The number of carbonyl (C=O) groups excluding carboxylic acids is 1. The van der Waals surface area contributed by atoms with Crippen molar-refractivity contribution in [1.82, 2.24) is 4.90 Å². The Balaban J connectivity index is 1.84. The van der Waals surface area contributed by atoms with Crippen molar-refractivity contribution in [1.29, 1.82) is 0 Å². The normalized spacial score (nSPS) is 32.1. The Labute approximate surface area is 110 Å². The van der Waals surface area contributed by atoms with Crippen LogP contribution in [0.2, 0.25) is 0 Å². The number of likely N-dealkylation sites (tertiary alicyclic amines) is 1. The number of unbranched alkanes of at least 4 members (excludes halogenated alkanes) is 1. The largest absolute Gasteiger partial charge is 0.389 e. The molecule has 3 N–H and O–H groups in total. The fourth-order valence-corrected chi connectivity index (χ4v) is 3.38. The molecule has 1 aliphatic carbocycles. The Morgan fingerprint density at radius 2 is 2.17 bits per heavy atom. The number of rotatable bonds is 4. The zero-order valence-corrected chi connectivity index (χ0v) is 11.2. The number of piperidine rings is 1. The number of amides is 1. The van der Waals surface area contributed by atoms with Gasteiger partial charge >= 0.3 is 0 Å². The molecule has 0 spiro atoms. The molecule has 2 unspecified atom stereocenters. The van der Waals surface area contributed by atoms with Gasteiger partial charge in [-0.2, -0.15) is 0 Å². The fourth-order valence-electron chi connectivity index (χ4n) is 3.38. The number of carbonyl (C=O) groups is 1. The van der Waals surface area contributed by atoms with Crippen LogP contribution in [0.4, 0.5) is 0 Å². The molecule has 2 fully saturated rings. The lowest BCUT2D eigenvalue weighted by atomic mass is 9.71. The Kier molecular flexibility index (Phi) is 4.62. The number of hydrogen-bond acceptors (Lipinski definition) is 3. The third-order valence-electron chi connectivity index (χ3n) is 4.63. The van der Waals surface area contributed by atoms with E-state index >= 15 is 0 Å². The topological polar surface area (TPSA) is 66.6 Å². The quantitative estimate of drug-likeness (QED) is 0.742. The average molecular weight is 254 g/mol. The van der Waals surface area contributed by atoms with Gasteiger partial charge in [0.1, 0.15) is 0 Å². The van der Waals surface area contributed by atoms with E-state index in [1.54, 1.807) is 0 Å². The summed E-state index contributed by atoms with van der Waals surface area (Å²) in [5, 5.41) is 10.6. The minimum Gasteiger partial charge on any atom is -0.389 e. The molecule has 0 aromatic rings. The van der Waals surface area contributed by atoms with E-state index in [9.17, 15) is 9.90 Å². The lowest BCUT2D eigenvalue weighted by molar-refractivity contribution is -0.143. The summed E-state index contributed by atoms with van der Waals surface area (Å²) >= 11 is 0. The van der Waals surface area contributed by atoms with E-state index in [2.05, 4.69) is 0 Å². The van der Waals surface area contributed by atoms with Gasteiger partial charge in [0.15, 0.2) is 0 Å². The number of fused-ring (bicyclic) bond motifs is 1. The maximum Gasteiger partial charge on any atom is 0.222 e. The summed E-state index contributed by atoms with van der Waals surface area (Å²) in [6, 6.07) is 0. The van der Waals surface area contributed by atoms with E-state index in [4.69, 9.17) is 5.73 Å². The van der Waals surface area contributed by atoms with Crippen molar-refractivity contribution >= 4 is 5.91 Å². The van der Waals surface area contributed by atoms with Gasteiger partial charge in [-0.15, -0.1) is 0 Å². The first kappa shape index (κ1) is 13.8. The molecule has 1 saturated carbocycles. The van der Waals surface area contributed by atoms with Crippen LogP contribution in [0.15, 0.2) is 0 Å². The molecule has 18 heavy (non-hydrogen) atoms. The number of hydrogen-bond donors (Lipinski definition) is 2. The number of aliphatic hydroxyl groups is 1. The zero-order valence-electron chi connectivity index (χ0n) is 11.2. The molecule has 4 heteroatoms. The van der Waals surface area contributed by atoms with Gasteiger partial charge in [-0.25, -0.2) is 0 Å². The van der Waals surface area contributed by atoms with Crippen molar-refractivity contribution in [2.45, 2.75) is 57.0 Å². The predicted molar refractivity (Wildman–Crippen MR) is 71.0 cm³/mol. The van der Waals surface area contributed by atoms with Gasteiger partial charge in [-0.1, -0.05) is 12.8 Å². The van der Waals surface area contributed by atoms with Crippen LogP contribution in [0.3, 0.4) is 0 Å². The van der Waals surface area contributed by atoms with Gasteiger partial charge in [0.25, 0.3) is 0 Å². The Bertz CT molecular complexity index is 296. The van der Waals surface area contributed by atoms with Crippen molar-refractivity contribution in [3.05, 3.63) is 0 Å². The summed E-state index contributed by atoms with van der Waals surface area (Å²) < 4.78 is 0. The van der Waals surface area contributed by atoms with Crippen molar-refractivity contribution in [2.75, 3.05) is 19.6 Å². The lowest BCUT2D eigenvalue weighted by Gasteiger charge is -2.47. The third-order valence-corrected chi connectivity index (χ3v) is 4.63. The maximum atomic E-state index is 12.1. The molecule has 0 bridgehead atoms. The van der Waals surface area contributed by atoms with E-state index in [-0.39, 0.29) is 5.91 Å². The van der Waals surface area contributed by atoms with Crippen LogP contribution in [-0.4, -0.2) is 41.1 Å². The fraction of sp³-hybridized carbons (Fsp3) is 0.929. The Morgan fingerprint density at radius 1 is 1.33 bits per heavy atom. The van der Waals surface area contributed by atoms with Crippen LogP contribution in [0.5, 0.6) is 0 Å². The van der Waals surface area contributed by atoms with Crippen molar-refractivity contribution in [2.24, 2.45) is 11.7 Å². The van der Waals surface area contributed by atoms with E-state index in [0.29, 0.717) is 18.9 Å². The summed E-state index contributed by atoms with van der Waals surface area (Å²) in [7, 11) is 0.